The molecule has 8 heteroatoms. The Hall–Kier alpha value is -2.12. The maximum absolute atomic E-state index is 13.2. The molecule has 5 atom stereocenters. The number of likely N-dealkylation sites (tertiary alicyclic amines) is 1. The summed E-state index contributed by atoms with van der Waals surface area (Å²) >= 11 is 5.88. The fraction of sp³-hybridized carbons (Fsp3) is 0.591. The fourth-order valence-corrected chi connectivity index (χ4v) is 4.96. The number of halogens is 1. The van der Waals surface area contributed by atoms with E-state index < -0.39 is 30.1 Å². The molecule has 1 heterocycles. The number of hydrogen-bond donors (Lipinski definition) is 3. The Morgan fingerprint density at radius 3 is 2.47 bits per heavy atom. The van der Waals surface area contributed by atoms with Crippen LogP contribution in [0.2, 0.25) is 5.02 Å². The summed E-state index contributed by atoms with van der Waals surface area (Å²) in [5, 5.41) is 22.8. The molecule has 164 valence electrons. The Labute approximate surface area is 181 Å². The number of nitrogens with zero attached hydrogens (tertiary/aromatic N) is 1. The molecule has 3 rings (SSSR count). The van der Waals surface area contributed by atoms with Crippen molar-refractivity contribution in [1.29, 1.82) is 0 Å². The van der Waals surface area contributed by atoms with Crippen LogP contribution >= 0.6 is 11.6 Å². The molecule has 1 amide bonds. The number of aliphatic carboxylic acids is 2. The molecule has 1 saturated heterocycles. The van der Waals surface area contributed by atoms with E-state index in [1.165, 1.54) is 4.90 Å². The van der Waals surface area contributed by atoms with E-state index >= 15 is 0 Å². The average Bonchev–Trinajstić information content (AvgIpc) is 3.11. The predicted octanol–water partition coefficient (Wildman–Crippen LogP) is 2.95. The van der Waals surface area contributed by atoms with Gasteiger partial charge in [-0.3, -0.25) is 14.9 Å². The summed E-state index contributed by atoms with van der Waals surface area (Å²) in [6, 6.07) is 4.63. The summed E-state index contributed by atoms with van der Waals surface area (Å²) in [5.41, 5.74) is 0.960. The number of benzene rings is 1. The second kappa shape index (κ2) is 9.79. The van der Waals surface area contributed by atoms with Crippen LogP contribution in [-0.4, -0.2) is 57.1 Å². The first-order valence-corrected chi connectivity index (χ1v) is 10.9. The third kappa shape index (κ3) is 5.13. The van der Waals surface area contributed by atoms with E-state index in [-0.39, 0.29) is 17.9 Å². The zero-order valence-electron chi connectivity index (χ0n) is 17.1. The van der Waals surface area contributed by atoms with Crippen molar-refractivity contribution in [2.45, 2.75) is 76.0 Å². The van der Waals surface area contributed by atoms with Gasteiger partial charge in [0.1, 0.15) is 12.1 Å². The van der Waals surface area contributed by atoms with E-state index in [0.717, 1.165) is 31.2 Å². The summed E-state index contributed by atoms with van der Waals surface area (Å²) in [5.74, 6) is -2.12. The molecule has 0 spiro atoms. The number of carbonyl (C=O) groups is 3. The van der Waals surface area contributed by atoms with Gasteiger partial charge in [0.05, 0.1) is 6.04 Å². The summed E-state index contributed by atoms with van der Waals surface area (Å²) < 4.78 is 0. The van der Waals surface area contributed by atoms with E-state index in [1.807, 2.05) is 12.1 Å². The molecule has 3 N–H and O–H groups in total. The minimum atomic E-state index is -1.03. The molecule has 2 aliphatic rings. The van der Waals surface area contributed by atoms with Crippen LogP contribution in [0, 0.1) is 5.92 Å². The minimum absolute atomic E-state index is 0.0612. The van der Waals surface area contributed by atoms with Crippen molar-refractivity contribution in [1.82, 2.24) is 10.2 Å². The van der Waals surface area contributed by atoms with Crippen LogP contribution < -0.4 is 5.32 Å². The Morgan fingerprint density at radius 1 is 1.17 bits per heavy atom. The van der Waals surface area contributed by atoms with Gasteiger partial charge in [0.15, 0.2) is 0 Å². The normalized spacial score (nSPS) is 25.4. The largest absolute Gasteiger partial charge is 0.480 e. The fourth-order valence-electron chi connectivity index (χ4n) is 4.83. The van der Waals surface area contributed by atoms with Gasteiger partial charge in [-0.05, 0) is 62.6 Å². The Balaban J connectivity index is 1.66. The van der Waals surface area contributed by atoms with Crippen LogP contribution in [0.15, 0.2) is 24.3 Å². The van der Waals surface area contributed by atoms with Gasteiger partial charge >= 0.3 is 11.9 Å². The van der Waals surface area contributed by atoms with Crippen LogP contribution in [0.1, 0.15) is 51.0 Å². The monoisotopic (exact) mass is 436 g/mol. The highest BCUT2D eigenvalue weighted by Gasteiger charge is 2.48. The highest BCUT2D eigenvalue weighted by Crippen LogP contribution is 2.40. The minimum Gasteiger partial charge on any atom is -0.480 e. The molecule has 1 aliphatic heterocycles. The smallest absolute Gasteiger partial charge is 0.326 e. The topological polar surface area (TPSA) is 107 Å². The first kappa shape index (κ1) is 22.6. The van der Waals surface area contributed by atoms with Gasteiger partial charge in [-0.2, -0.15) is 0 Å². The van der Waals surface area contributed by atoms with Gasteiger partial charge in [0.2, 0.25) is 5.91 Å². The number of hydrogen-bond acceptors (Lipinski definition) is 4. The quantitative estimate of drug-likeness (QED) is 0.578. The van der Waals surface area contributed by atoms with E-state index in [9.17, 15) is 24.6 Å². The zero-order valence-corrected chi connectivity index (χ0v) is 17.8. The molecule has 3 unspecified atom stereocenters. The standard InChI is InChI=1S/C22H29ClN2O5/c1-13(24-17(21(27)28)11-8-14-6-9-16(23)10-7-14)20(26)25-18-5-3-2-4-15(18)12-19(25)22(29)30/h6-7,9-10,13,15,17-19,24H,2-5,8,11-12H2,1H3,(H,27,28)(H,29,30)/t13-,15?,17?,18?,19-/m0/s1. The lowest BCUT2D eigenvalue weighted by Gasteiger charge is -2.35. The second-order valence-electron chi connectivity index (χ2n) is 8.39. The molecule has 0 bridgehead atoms. The molecule has 0 radical (unpaired) electrons. The second-order valence-corrected chi connectivity index (χ2v) is 8.83. The van der Waals surface area contributed by atoms with Crippen molar-refractivity contribution in [3.05, 3.63) is 34.9 Å². The summed E-state index contributed by atoms with van der Waals surface area (Å²) in [6.07, 6.45) is 5.12. The van der Waals surface area contributed by atoms with Crippen molar-refractivity contribution >= 4 is 29.4 Å². The number of rotatable bonds is 8. The first-order chi connectivity index (χ1) is 14.3. The lowest BCUT2D eigenvalue weighted by Crippen LogP contribution is -2.55. The lowest BCUT2D eigenvalue weighted by molar-refractivity contribution is -0.151. The first-order valence-electron chi connectivity index (χ1n) is 10.6. The molecule has 1 aromatic rings. The summed E-state index contributed by atoms with van der Waals surface area (Å²) in [7, 11) is 0. The number of carbonyl (C=O) groups excluding carboxylic acids is 1. The van der Waals surface area contributed by atoms with Gasteiger partial charge in [-0.15, -0.1) is 0 Å². The van der Waals surface area contributed by atoms with E-state index in [0.29, 0.717) is 24.3 Å². The zero-order chi connectivity index (χ0) is 21.8. The third-order valence-electron chi connectivity index (χ3n) is 6.38. The highest BCUT2D eigenvalue weighted by molar-refractivity contribution is 6.30. The van der Waals surface area contributed by atoms with Crippen molar-refractivity contribution < 1.29 is 24.6 Å². The number of carboxylic acid groups (broad SMARTS) is 2. The van der Waals surface area contributed by atoms with Gasteiger partial charge in [-0.1, -0.05) is 36.6 Å². The molecule has 1 aliphatic carbocycles. The third-order valence-corrected chi connectivity index (χ3v) is 6.63. The average molecular weight is 437 g/mol. The van der Waals surface area contributed by atoms with Crippen LogP contribution in [0.3, 0.4) is 0 Å². The van der Waals surface area contributed by atoms with Gasteiger partial charge < -0.3 is 15.1 Å². The van der Waals surface area contributed by atoms with Crippen LogP contribution in [0.5, 0.6) is 0 Å². The van der Waals surface area contributed by atoms with Crippen molar-refractivity contribution in [2.24, 2.45) is 5.92 Å². The Morgan fingerprint density at radius 2 is 1.83 bits per heavy atom. The van der Waals surface area contributed by atoms with Crippen molar-refractivity contribution in [2.75, 3.05) is 0 Å². The molecule has 2 fully saturated rings. The molecular formula is C22H29ClN2O5. The van der Waals surface area contributed by atoms with Gasteiger partial charge in [0, 0.05) is 11.1 Å². The van der Waals surface area contributed by atoms with Crippen LogP contribution in [0.25, 0.3) is 0 Å². The number of carboxylic acids is 2. The van der Waals surface area contributed by atoms with E-state index in [2.05, 4.69) is 5.32 Å². The van der Waals surface area contributed by atoms with Crippen molar-refractivity contribution in [3.63, 3.8) is 0 Å². The molecule has 1 saturated carbocycles. The highest BCUT2D eigenvalue weighted by atomic mass is 35.5. The number of fused-ring (bicyclic) bond motifs is 1. The SMILES string of the molecule is C[C@H](NC(CCc1ccc(Cl)cc1)C(=O)O)C(=O)N1C2CCCCC2C[C@H]1C(=O)O. The van der Waals surface area contributed by atoms with Crippen LogP contribution in [0.4, 0.5) is 0 Å². The molecule has 30 heavy (non-hydrogen) atoms. The summed E-state index contributed by atoms with van der Waals surface area (Å²) in [6.45, 7) is 1.62. The Kier molecular flexibility index (Phi) is 7.36. The number of aryl methyl sites for hydroxylation is 1. The molecular weight excluding hydrogens is 408 g/mol. The maximum atomic E-state index is 13.2. The number of nitrogens with one attached hydrogen (secondary N) is 1. The Bertz CT molecular complexity index is 784. The predicted molar refractivity (Wildman–Crippen MR) is 112 cm³/mol. The van der Waals surface area contributed by atoms with Crippen molar-refractivity contribution in [3.8, 4) is 0 Å². The molecule has 1 aromatic carbocycles. The van der Waals surface area contributed by atoms with Crippen LogP contribution in [-0.2, 0) is 20.8 Å². The van der Waals surface area contributed by atoms with Gasteiger partial charge in [-0.25, -0.2) is 4.79 Å². The molecule has 0 aromatic heterocycles. The summed E-state index contributed by atoms with van der Waals surface area (Å²) in [4.78, 5) is 38.2. The lowest BCUT2D eigenvalue weighted by atomic mass is 9.84. The van der Waals surface area contributed by atoms with E-state index in [1.54, 1.807) is 19.1 Å². The number of amides is 1. The maximum Gasteiger partial charge on any atom is 0.326 e. The van der Waals surface area contributed by atoms with Gasteiger partial charge in [0.25, 0.3) is 0 Å². The van der Waals surface area contributed by atoms with E-state index in [4.69, 9.17) is 11.6 Å². The molecule has 7 nitrogen and oxygen atoms in total.